The zero-order chi connectivity index (χ0) is 25.9. The number of methoxy groups -OCH3 is 2. The Labute approximate surface area is 214 Å². The normalized spacial score (nSPS) is 16.7. The highest BCUT2D eigenvalue weighted by Crippen LogP contribution is 2.44. The van der Waals surface area contributed by atoms with Gasteiger partial charge in [0.15, 0.2) is 11.5 Å². The molecule has 1 aliphatic rings. The summed E-state index contributed by atoms with van der Waals surface area (Å²) >= 11 is 0. The van der Waals surface area contributed by atoms with Gasteiger partial charge in [0.25, 0.3) is 5.91 Å². The predicted octanol–water partition coefficient (Wildman–Crippen LogP) is 3.89. The zero-order valence-electron chi connectivity index (χ0n) is 20.8. The Morgan fingerprint density at radius 1 is 1.00 bits per heavy atom. The van der Waals surface area contributed by atoms with E-state index in [1.165, 1.54) is 6.33 Å². The van der Waals surface area contributed by atoms with Crippen molar-refractivity contribution in [3.63, 3.8) is 0 Å². The van der Waals surface area contributed by atoms with Crippen LogP contribution in [0, 0.1) is 0 Å². The number of carbonyl (C=O) groups is 2. The number of fused-ring (bicyclic) bond motifs is 1. The summed E-state index contributed by atoms with van der Waals surface area (Å²) in [4.78, 5) is 32.7. The zero-order valence-corrected chi connectivity index (χ0v) is 20.8. The fourth-order valence-corrected chi connectivity index (χ4v) is 4.83. The van der Waals surface area contributed by atoms with Crippen molar-refractivity contribution in [3.8, 4) is 11.5 Å². The SMILES string of the molecule is COc1ccc([C@H]2[C@@H](C(=O)Nc3ccc(Cn4cncn4)cc3)c3ccccc3C(=O)N2C)cc1OC. The maximum Gasteiger partial charge on any atom is 0.254 e. The Kier molecular flexibility index (Phi) is 6.59. The lowest BCUT2D eigenvalue weighted by molar-refractivity contribution is -0.119. The highest BCUT2D eigenvalue weighted by atomic mass is 16.5. The lowest BCUT2D eigenvalue weighted by Gasteiger charge is -2.40. The van der Waals surface area contributed by atoms with Crippen LogP contribution in [0.25, 0.3) is 0 Å². The average Bonchev–Trinajstić information content (AvgIpc) is 3.44. The van der Waals surface area contributed by atoms with E-state index in [1.54, 1.807) is 49.3 Å². The molecule has 0 aliphatic carbocycles. The third kappa shape index (κ3) is 4.63. The molecule has 9 nitrogen and oxygen atoms in total. The molecule has 2 heterocycles. The smallest absolute Gasteiger partial charge is 0.254 e. The highest BCUT2D eigenvalue weighted by molar-refractivity contribution is 6.04. The van der Waals surface area contributed by atoms with Crippen molar-refractivity contribution in [1.29, 1.82) is 0 Å². The van der Waals surface area contributed by atoms with Gasteiger partial charge in [-0.15, -0.1) is 0 Å². The Balaban J connectivity index is 1.49. The molecule has 1 aliphatic heterocycles. The van der Waals surface area contributed by atoms with Crippen molar-refractivity contribution in [3.05, 3.63) is 102 Å². The quantitative estimate of drug-likeness (QED) is 0.416. The summed E-state index contributed by atoms with van der Waals surface area (Å²) in [6, 6.07) is 19.8. The molecule has 0 radical (unpaired) electrons. The molecular weight excluding hydrogens is 470 g/mol. The summed E-state index contributed by atoms with van der Waals surface area (Å²) in [5.74, 6) is 0.101. The lowest BCUT2D eigenvalue weighted by atomic mass is 9.79. The first-order valence-electron chi connectivity index (χ1n) is 11.8. The van der Waals surface area contributed by atoms with Gasteiger partial charge in [0.05, 0.1) is 32.7 Å². The third-order valence-corrected chi connectivity index (χ3v) is 6.64. The molecule has 188 valence electrons. The second-order valence-corrected chi connectivity index (χ2v) is 8.82. The van der Waals surface area contributed by atoms with E-state index < -0.39 is 12.0 Å². The van der Waals surface area contributed by atoms with Crippen molar-refractivity contribution in [2.75, 3.05) is 26.6 Å². The van der Waals surface area contributed by atoms with Crippen LogP contribution < -0.4 is 14.8 Å². The van der Waals surface area contributed by atoms with E-state index in [2.05, 4.69) is 15.4 Å². The summed E-state index contributed by atoms with van der Waals surface area (Å²) in [5.41, 5.74) is 3.66. The number of nitrogens with zero attached hydrogens (tertiary/aromatic N) is 4. The Morgan fingerprint density at radius 2 is 1.76 bits per heavy atom. The number of nitrogens with one attached hydrogen (secondary N) is 1. The number of hydrogen-bond donors (Lipinski definition) is 1. The summed E-state index contributed by atoms with van der Waals surface area (Å²) in [6.45, 7) is 0.582. The molecule has 2 atom stereocenters. The number of rotatable bonds is 7. The number of carbonyl (C=O) groups excluding carboxylic acids is 2. The van der Waals surface area contributed by atoms with Gasteiger partial charge < -0.3 is 19.7 Å². The largest absolute Gasteiger partial charge is 0.493 e. The summed E-state index contributed by atoms with van der Waals surface area (Å²) in [5, 5.41) is 7.18. The van der Waals surface area contributed by atoms with Gasteiger partial charge in [0.1, 0.15) is 12.7 Å². The Morgan fingerprint density at radius 3 is 2.46 bits per heavy atom. The van der Waals surface area contributed by atoms with E-state index in [-0.39, 0.29) is 11.8 Å². The lowest BCUT2D eigenvalue weighted by Crippen LogP contribution is -2.44. The van der Waals surface area contributed by atoms with Gasteiger partial charge in [-0.2, -0.15) is 5.10 Å². The molecule has 1 aromatic heterocycles. The second kappa shape index (κ2) is 10.1. The summed E-state index contributed by atoms with van der Waals surface area (Å²) in [7, 11) is 4.85. The van der Waals surface area contributed by atoms with Gasteiger partial charge in [-0.3, -0.25) is 9.59 Å². The minimum Gasteiger partial charge on any atom is -0.493 e. The van der Waals surface area contributed by atoms with Crippen molar-refractivity contribution in [1.82, 2.24) is 19.7 Å². The van der Waals surface area contributed by atoms with Crippen LogP contribution in [-0.4, -0.2) is 52.7 Å². The number of hydrogen-bond acceptors (Lipinski definition) is 6. The molecule has 3 aromatic carbocycles. The molecule has 0 unspecified atom stereocenters. The molecule has 2 amide bonds. The first-order valence-corrected chi connectivity index (χ1v) is 11.8. The standard InChI is InChI=1S/C28H27N5O4/c1-32-26(19-10-13-23(36-2)24(14-19)37-3)25(21-6-4-5-7-22(21)28(32)35)27(34)31-20-11-8-18(9-12-20)15-33-17-29-16-30-33/h4-14,16-17,25-26H,15H2,1-3H3,(H,31,34)/t25-,26-/m0/s1. The monoisotopic (exact) mass is 497 g/mol. The number of aromatic nitrogens is 3. The van der Waals surface area contributed by atoms with E-state index in [1.807, 2.05) is 54.6 Å². The Hall–Kier alpha value is -4.66. The van der Waals surface area contributed by atoms with Gasteiger partial charge in [0, 0.05) is 18.3 Å². The van der Waals surface area contributed by atoms with Crippen LogP contribution in [0.15, 0.2) is 79.4 Å². The van der Waals surface area contributed by atoms with E-state index in [9.17, 15) is 9.59 Å². The minimum atomic E-state index is -0.646. The molecule has 0 fully saturated rings. The summed E-state index contributed by atoms with van der Waals surface area (Å²) in [6.07, 6.45) is 3.15. The van der Waals surface area contributed by atoms with Crippen molar-refractivity contribution >= 4 is 17.5 Å². The van der Waals surface area contributed by atoms with Crippen LogP contribution in [0.4, 0.5) is 5.69 Å². The second-order valence-electron chi connectivity index (χ2n) is 8.82. The van der Waals surface area contributed by atoms with Crippen LogP contribution >= 0.6 is 0 Å². The average molecular weight is 498 g/mol. The molecule has 0 spiro atoms. The predicted molar refractivity (Wildman–Crippen MR) is 138 cm³/mol. The molecule has 4 aromatic rings. The number of anilines is 1. The van der Waals surface area contributed by atoms with Gasteiger partial charge in [-0.1, -0.05) is 36.4 Å². The number of ether oxygens (including phenoxy) is 2. The number of benzene rings is 3. The van der Waals surface area contributed by atoms with E-state index in [4.69, 9.17) is 9.47 Å². The van der Waals surface area contributed by atoms with Crippen LogP contribution in [0.2, 0.25) is 0 Å². The van der Waals surface area contributed by atoms with Crippen LogP contribution in [0.3, 0.4) is 0 Å². The van der Waals surface area contributed by atoms with E-state index in [0.29, 0.717) is 34.9 Å². The molecule has 5 rings (SSSR count). The molecule has 9 heteroatoms. The molecule has 0 saturated heterocycles. The molecule has 1 N–H and O–H groups in total. The fraction of sp³-hybridized carbons (Fsp3) is 0.214. The first-order chi connectivity index (χ1) is 18.0. The first kappa shape index (κ1) is 24.1. The van der Waals surface area contributed by atoms with E-state index >= 15 is 0 Å². The van der Waals surface area contributed by atoms with Gasteiger partial charge in [0.2, 0.25) is 5.91 Å². The fourth-order valence-electron chi connectivity index (χ4n) is 4.83. The highest BCUT2D eigenvalue weighted by Gasteiger charge is 2.42. The minimum absolute atomic E-state index is 0.142. The topological polar surface area (TPSA) is 98.6 Å². The molecule has 0 saturated carbocycles. The van der Waals surface area contributed by atoms with Crippen molar-refractivity contribution in [2.24, 2.45) is 0 Å². The maximum atomic E-state index is 13.9. The van der Waals surface area contributed by atoms with Gasteiger partial charge >= 0.3 is 0 Å². The van der Waals surface area contributed by atoms with Gasteiger partial charge in [-0.05, 0) is 47.0 Å². The van der Waals surface area contributed by atoms with Crippen LogP contribution in [0.1, 0.15) is 39.0 Å². The van der Waals surface area contributed by atoms with Crippen molar-refractivity contribution in [2.45, 2.75) is 18.5 Å². The van der Waals surface area contributed by atoms with E-state index in [0.717, 1.165) is 11.1 Å². The number of likely N-dealkylation sites (N-methyl/N-ethyl adjacent to an activating group) is 1. The van der Waals surface area contributed by atoms with Crippen LogP contribution in [-0.2, 0) is 11.3 Å². The van der Waals surface area contributed by atoms with Gasteiger partial charge in [-0.25, -0.2) is 9.67 Å². The molecule has 0 bridgehead atoms. The number of amides is 2. The maximum absolute atomic E-state index is 13.9. The molecular formula is C28H27N5O4. The third-order valence-electron chi connectivity index (χ3n) is 6.64. The summed E-state index contributed by atoms with van der Waals surface area (Å²) < 4.78 is 12.6. The van der Waals surface area contributed by atoms with Crippen molar-refractivity contribution < 1.29 is 19.1 Å². The molecule has 37 heavy (non-hydrogen) atoms. The van der Waals surface area contributed by atoms with Crippen LogP contribution in [0.5, 0.6) is 11.5 Å². The Bertz CT molecular complexity index is 1420.